The Morgan fingerprint density at radius 3 is 2.76 bits per heavy atom. The molecule has 11 heteroatoms. The first-order valence-corrected chi connectivity index (χ1v) is 10.6. The number of pyridine rings is 3. The van der Waals surface area contributed by atoms with Crippen molar-refractivity contribution in [2.45, 2.75) is 31.2 Å². The summed E-state index contributed by atoms with van der Waals surface area (Å²) in [6.45, 7) is 1.62. The van der Waals surface area contributed by atoms with Gasteiger partial charge in [0.1, 0.15) is 11.6 Å². The second-order valence-electron chi connectivity index (χ2n) is 7.98. The maximum atomic E-state index is 14.6. The van der Waals surface area contributed by atoms with Crippen molar-refractivity contribution in [3.05, 3.63) is 76.7 Å². The monoisotopic (exact) mass is 473 g/mol. The van der Waals surface area contributed by atoms with Crippen LogP contribution in [0.2, 0.25) is 0 Å². The first-order chi connectivity index (χ1) is 16.2. The molecule has 34 heavy (non-hydrogen) atoms. The Kier molecular flexibility index (Phi) is 6.64. The standard InChI is InChI=1S/C23H22F3N5O3/c1-14(31-10-8-23(25,26)17(13-31)15-4-7-20(32)29-11-15)21(33)30-19-6-5-16(12-28-19)34-22-18(24)3-2-9-27-22/h2-7,9,11-12,14,17H,8,10,13H2,1H3,(H,29,32)(H,28,30,33)/t14?,17-/m1/s1. The number of H-pyrrole nitrogens is 1. The van der Waals surface area contributed by atoms with E-state index in [1.807, 2.05) is 0 Å². The molecule has 1 aliphatic rings. The Morgan fingerprint density at radius 1 is 1.26 bits per heavy atom. The number of aromatic amines is 1. The fourth-order valence-corrected chi connectivity index (χ4v) is 3.74. The van der Waals surface area contributed by atoms with E-state index in [1.54, 1.807) is 11.8 Å². The van der Waals surface area contributed by atoms with Crippen molar-refractivity contribution in [2.24, 2.45) is 0 Å². The Labute approximate surface area is 192 Å². The van der Waals surface area contributed by atoms with Crippen LogP contribution in [-0.4, -0.2) is 50.8 Å². The van der Waals surface area contributed by atoms with Gasteiger partial charge in [0.15, 0.2) is 5.82 Å². The van der Waals surface area contributed by atoms with Crippen LogP contribution >= 0.6 is 0 Å². The van der Waals surface area contributed by atoms with E-state index in [2.05, 4.69) is 20.3 Å². The van der Waals surface area contributed by atoms with Crippen LogP contribution < -0.4 is 15.6 Å². The zero-order chi connectivity index (χ0) is 24.3. The van der Waals surface area contributed by atoms with Crippen LogP contribution in [0.25, 0.3) is 0 Å². The molecular weight excluding hydrogens is 451 g/mol. The highest BCUT2D eigenvalue weighted by molar-refractivity contribution is 5.93. The zero-order valence-corrected chi connectivity index (χ0v) is 18.2. The zero-order valence-electron chi connectivity index (χ0n) is 18.2. The molecule has 3 aromatic rings. The van der Waals surface area contributed by atoms with Crippen molar-refractivity contribution in [1.82, 2.24) is 19.9 Å². The number of alkyl halides is 2. The number of nitrogens with zero attached hydrogens (tertiary/aromatic N) is 3. The van der Waals surface area contributed by atoms with Crippen LogP contribution in [0.3, 0.4) is 0 Å². The molecule has 1 amide bonds. The molecule has 178 valence electrons. The average molecular weight is 473 g/mol. The lowest BCUT2D eigenvalue weighted by atomic mass is 9.87. The molecule has 2 atom stereocenters. The van der Waals surface area contributed by atoms with Crippen molar-refractivity contribution >= 4 is 11.7 Å². The average Bonchev–Trinajstić information content (AvgIpc) is 2.82. The number of hydrogen-bond acceptors (Lipinski definition) is 6. The quantitative estimate of drug-likeness (QED) is 0.568. The maximum absolute atomic E-state index is 14.6. The normalized spacial score (nSPS) is 18.8. The number of aromatic nitrogens is 3. The fourth-order valence-electron chi connectivity index (χ4n) is 3.74. The molecule has 1 saturated heterocycles. The largest absolute Gasteiger partial charge is 0.435 e. The van der Waals surface area contributed by atoms with E-state index in [0.29, 0.717) is 5.56 Å². The number of nitrogens with one attached hydrogen (secondary N) is 2. The Balaban J connectivity index is 1.39. The minimum absolute atomic E-state index is 0.0390. The summed E-state index contributed by atoms with van der Waals surface area (Å²) < 4.78 is 48.2. The summed E-state index contributed by atoms with van der Waals surface area (Å²) in [5.74, 6) is -4.90. The van der Waals surface area contributed by atoms with E-state index in [0.717, 1.165) is 0 Å². The molecule has 4 rings (SSSR count). The summed E-state index contributed by atoms with van der Waals surface area (Å²) in [5, 5.41) is 2.65. The minimum atomic E-state index is -2.96. The van der Waals surface area contributed by atoms with Crippen molar-refractivity contribution < 1.29 is 22.7 Å². The highest BCUT2D eigenvalue weighted by Gasteiger charge is 2.46. The van der Waals surface area contributed by atoms with E-state index in [1.165, 1.54) is 55.0 Å². The van der Waals surface area contributed by atoms with Gasteiger partial charge in [0.2, 0.25) is 11.5 Å². The number of carbonyl (C=O) groups is 1. The third-order valence-corrected chi connectivity index (χ3v) is 5.72. The second kappa shape index (κ2) is 9.64. The lowest BCUT2D eigenvalue weighted by Crippen LogP contribution is -2.52. The fraction of sp³-hybridized carbons (Fsp3) is 0.304. The summed E-state index contributed by atoms with van der Waals surface area (Å²) in [7, 11) is 0. The summed E-state index contributed by atoms with van der Waals surface area (Å²) in [4.78, 5) is 36.0. The summed E-state index contributed by atoms with van der Waals surface area (Å²) >= 11 is 0. The predicted molar refractivity (Wildman–Crippen MR) is 118 cm³/mol. The maximum Gasteiger partial charge on any atom is 0.257 e. The number of halogens is 3. The number of amides is 1. The van der Waals surface area contributed by atoms with Gasteiger partial charge >= 0.3 is 0 Å². The molecule has 0 aromatic carbocycles. The number of ether oxygens (including phenoxy) is 1. The van der Waals surface area contributed by atoms with Crippen LogP contribution in [0.4, 0.5) is 19.0 Å². The van der Waals surface area contributed by atoms with Gasteiger partial charge in [-0.05, 0) is 36.8 Å². The molecule has 1 fully saturated rings. The molecule has 1 aliphatic heterocycles. The number of hydrogen-bond donors (Lipinski definition) is 2. The molecule has 0 radical (unpaired) electrons. The van der Waals surface area contributed by atoms with Crippen LogP contribution in [0.5, 0.6) is 11.6 Å². The molecular formula is C23H22F3N5O3. The topological polar surface area (TPSA) is 100 Å². The number of likely N-dealkylation sites (tertiary alicyclic amines) is 1. The Bertz CT molecular complexity index is 1200. The number of rotatable bonds is 6. The van der Waals surface area contributed by atoms with Gasteiger partial charge in [0, 0.05) is 38.0 Å². The summed E-state index contributed by atoms with van der Waals surface area (Å²) in [6, 6.07) is 7.51. The van der Waals surface area contributed by atoms with E-state index in [9.17, 15) is 22.8 Å². The highest BCUT2D eigenvalue weighted by atomic mass is 19.3. The third-order valence-electron chi connectivity index (χ3n) is 5.72. The third kappa shape index (κ3) is 5.25. The van der Waals surface area contributed by atoms with Crippen molar-refractivity contribution in [3.63, 3.8) is 0 Å². The molecule has 3 aromatic heterocycles. The SMILES string of the molecule is CC(C(=O)Nc1ccc(Oc2ncccc2F)cn1)N1CCC(F)(F)[C@@H](c2ccc(=O)[nH]c2)C1. The van der Waals surface area contributed by atoms with Crippen LogP contribution in [-0.2, 0) is 4.79 Å². The van der Waals surface area contributed by atoms with E-state index in [-0.39, 0.29) is 36.1 Å². The predicted octanol–water partition coefficient (Wildman–Crippen LogP) is 3.55. The van der Waals surface area contributed by atoms with Gasteiger partial charge in [-0.25, -0.2) is 23.1 Å². The minimum Gasteiger partial charge on any atom is -0.435 e. The van der Waals surface area contributed by atoms with Gasteiger partial charge in [-0.15, -0.1) is 0 Å². The lowest BCUT2D eigenvalue weighted by Gasteiger charge is -2.40. The van der Waals surface area contributed by atoms with Gasteiger partial charge in [0.05, 0.1) is 18.2 Å². The summed E-state index contributed by atoms with van der Waals surface area (Å²) in [5.41, 5.74) is -0.0648. The molecule has 0 spiro atoms. The second-order valence-corrected chi connectivity index (χ2v) is 7.98. The summed E-state index contributed by atoms with van der Waals surface area (Å²) in [6.07, 6.45) is 3.57. The van der Waals surface area contributed by atoms with Crippen molar-refractivity contribution in [3.8, 4) is 11.6 Å². The van der Waals surface area contributed by atoms with Gasteiger partial charge in [0.25, 0.3) is 11.8 Å². The lowest BCUT2D eigenvalue weighted by molar-refractivity contribution is -0.125. The Hall–Kier alpha value is -3.73. The molecule has 4 heterocycles. The van der Waals surface area contributed by atoms with Crippen LogP contribution in [0, 0.1) is 5.82 Å². The van der Waals surface area contributed by atoms with Crippen LogP contribution in [0.15, 0.2) is 59.8 Å². The Morgan fingerprint density at radius 2 is 2.09 bits per heavy atom. The molecule has 2 N–H and O–H groups in total. The van der Waals surface area contributed by atoms with Gasteiger partial charge in [-0.3, -0.25) is 14.5 Å². The molecule has 0 aliphatic carbocycles. The number of carbonyl (C=O) groups excluding carboxylic acids is 1. The van der Waals surface area contributed by atoms with E-state index < -0.39 is 36.0 Å². The molecule has 1 unspecified atom stereocenters. The molecule has 8 nitrogen and oxygen atoms in total. The van der Waals surface area contributed by atoms with E-state index in [4.69, 9.17) is 4.74 Å². The van der Waals surface area contributed by atoms with Gasteiger partial charge < -0.3 is 15.0 Å². The van der Waals surface area contributed by atoms with Crippen molar-refractivity contribution in [1.29, 1.82) is 0 Å². The number of anilines is 1. The highest BCUT2D eigenvalue weighted by Crippen LogP contribution is 2.40. The van der Waals surface area contributed by atoms with Gasteiger partial charge in [-0.1, -0.05) is 6.07 Å². The van der Waals surface area contributed by atoms with E-state index >= 15 is 0 Å². The first kappa shape index (κ1) is 23.4. The first-order valence-electron chi connectivity index (χ1n) is 10.6. The number of piperidine rings is 1. The van der Waals surface area contributed by atoms with Crippen molar-refractivity contribution in [2.75, 3.05) is 18.4 Å². The van der Waals surface area contributed by atoms with Gasteiger partial charge in [-0.2, -0.15) is 0 Å². The van der Waals surface area contributed by atoms with Crippen LogP contribution in [0.1, 0.15) is 24.8 Å². The smallest absolute Gasteiger partial charge is 0.257 e. The molecule has 0 saturated carbocycles. The molecule has 0 bridgehead atoms.